The molecule has 152 valence electrons. The Morgan fingerprint density at radius 2 is 1.78 bits per heavy atom. The molecule has 27 heavy (non-hydrogen) atoms. The van der Waals surface area contributed by atoms with E-state index >= 15 is 0 Å². The number of rotatable bonds is 10. The maximum absolute atomic E-state index is 12.3. The van der Waals surface area contributed by atoms with Crippen LogP contribution in [0.5, 0.6) is 0 Å². The minimum atomic E-state index is -1.19. The number of hydrogen-bond acceptors (Lipinski definition) is 5. The number of aliphatic hydroxyl groups excluding tert-OH is 1. The molecule has 1 aliphatic heterocycles. The molecule has 0 aromatic heterocycles. The number of unbranched alkanes of at least 4 members (excludes halogenated alkanes) is 3. The van der Waals surface area contributed by atoms with Crippen LogP contribution in [-0.2, 0) is 14.4 Å². The first-order valence-corrected chi connectivity index (χ1v) is 9.74. The molecule has 1 saturated carbocycles. The lowest BCUT2D eigenvalue weighted by Gasteiger charge is -2.28. The molecule has 9 nitrogen and oxygen atoms in total. The number of urea groups is 1. The van der Waals surface area contributed by atoms with Gasteiger partial charge in [0.2, 0.25) is 0 Å². The van der Waals surface area contributed by atoms with E-state index in [0.29, 0.717) is 19.3 Å². The minimum absolute atomic E-state index is 0.115. The third-order valence-corrected chi connectivity index (χ3v) is 5.28. The van der Waals surface area contributed by atoms with E-state index in [1.807, 2.05) is 0 Å². The highest BCUT2D eigenvalue weighted by atomic mass is 16.4. The Morgan fingerprint density at radius 1 is 1.11 bits per heavy atom. The van der Waals surface area contributed by atoms with Crippen LogP contribution in [-0.4, -0.2) is 51.2 Å². The fraction of sp³-hybridized carbons (Fsp3) is 0.778. The van der Waals surface area contributed by atoms with Gasteiger partial charge in [0.1, 0.15) is 12.1 Å². The summed E-state index contributed by atoms with van der Waals surface area (Å²) in [4.78, 5) is 46.8. The summed E-state index contributed by atoms with van der Waals surface area (Å²) in [6, 6.07) is -1.50. The van der Waals surface area contributed by atoms with Crippen LogP contribution in [0.25, 0.3) is 0 Å². The Kier molecular flexibility index (Phi) is 8.02. The highest BCUT2D eigenvalue weighted by Gasteiger charge is 2.40. The zero-order chi connectivity index (χ0) is 19.8. The normalized spacial score (nSPS) is 21.8. The number of imide groups is 1. The second-order valence-electron chi connectivity index (χ2n) is 7.35. The Labute approximate surface area is 158 Å². The largest absolute Gasteiger partial charge is 0.481 e. The van der Waals surface area contributed by atoms with Crippen LogP contribution in [0, 0.1) is 5.92 Å². The molecule has 2 rings (SSSR count). The third-order valence-electron chi connectivity index (χ3n) is 5.28. The first kappa shape index (κ1) is 21.1. The van der Waals surface area contributed by atoms with E-state index in [1.54, 1.807) is 0 Å². The van der Waals surface area contributed by atoms with Crippen LogP contribution in [0.15, 0.2) is 0 Å². The molecule has 0 unspecified atom stereocenters. The topological polar surface area (TPSA) is 136 Å². The standard InChI is InChI=1S/C18H29N3O6/c22-14(23)11-7-2-1-6-10-13-16(25)19-18(27)21(13)20-17(26)15(24)12-8-4-3-5-9-12/h12-13,15,24H,1-11H2,(H,20,26)(H,22,23)(H,19,25,27)/t13-,15-/m0/s1. The first-order valence-electron chi connectivity index (χ1n) is 9.74. The first-order chi connectivity index (χ1) is 12.9. The summed E-state index contributed by atoms with van der Waals surface area (Å²) >= 11 is 0. The van der Waals surface area contributed by atoms with E-state index in [2.05, 4.69) is 10.7 Å². The zero-order valence-electron chi connectivity index (χ0n) is 15.5. The van der Waals surface area contributed by atoms with E-state index in [-0.39, 0.29) is 12.3 Å². The van der Waals surface area contributed by atoms with Crippen molar-refractivity contribution in [1.82, 2.24) is 15.8 Å². The number of amides is 4. The molecule has 1 heterocycles. The summed E-state index contributed by atoms with van der Waals surface area (Å²) < 4.78 is 0. The Balaban J connectivity index is 1.81. The van der Waals surface area contributed by atoms with Crippen molar-refractivity contribution in [2.75, 3.05) is 0 Å². The molecule has 1 aliphatic carbocycles. The molecule has 0 spiro atoms. The van der Waals surface area contributed by atoms with Crippen molar-refractivity contribution >= 4 is 23.8 Å². The number of carboxylic acid groups (broad SMARTS) is 1. The van der Waals surface area contributed by atoms with Gasteiger partial charge >= 0.3 is 12.0 Å². The summed E-state index contributed by atoms with van der Waals surface area (Å²) in [6.45, 7) is 0. The molecule has 0 aromatic carbocycles. The maximum Gasteiger partial charge on any atom is 0.343 e. The zero-order valence-corrected chi connectivity index (χ0v) is 15.5. The molecule has 1 saturated heterocycles. The number of carbonyl (C=O) groups is 4. The maximum atomic E-state index is 12.3. The average Bonchev–Trinajstić information content (AvgIpc) is 2.91. The van der Waals surface area contributed by atoms with Crippen molar-refractivity contribution in [2.45, 2.75) is 82.8 Å². The van der Waals surface area contributed by atoms with Crippen LogP contribution in [0.2, 0.25) is 0 Å². The van der Waals surface area contributed by atoms with Gasteiger partial charge in [-0.2, -0.15) is 0 Å². The van der Waals surface area contributed by atoms with Gasteiger partial charge < -0.3 is 10.2 Å². The summed E-state index contributed by atoms with van der Waals surface area (Å²) in [5.74, 6) is -2.08. The van der Waals surface area contributed by atoms with Crippen LogP contribution in [0.1, 0.15) is 70.6 Å². The van der Waals surface area contributed by atoms with Crippen molar-refractivity contribution in [3.63, 3.8) is 0 Å². The molecule has 4 amide bonds. The number of carbonyl (C=O) groups excluding carboxylic acids is 3. The van der Waals surface area contributed by atoms with Gasteiger partial charge in [-0.15, -0.1) is 0 Å². The summed E-state index contributed by atoms with van der Waals surface area (Å²) in [5, 5.41) is 22.0. The van der Waals surface area contributed by atoms with Crippen molar-refractivity contribution < 1.29 is 29.4 Å². The fourth-order valence-corrected chi connectivity index (χ4v) is 3.71. The van der Waals surface area contributed by atoms with Gasteiger partial charge in [0.15, 0.2) is 0 Å². The number of aliphatic hydroxyl groups is 1. The summed E-state index contributed by atoms with van der Waals surface area (Å²) in [7, 11) is 0. The lowest BCUT2D eigenvalue weighted by atomic mass is 9.85. The Morgan fingerprint density at radius 3 is 2.44 bits per heavy atom. The molecule has 2 fully saturated rings. The predicted molar refractivity (Wildman–Crippen MR) is 95.2 cm³/mol. The quantitative estimate of drug-likeness (QED) is 0.332. The van der Waals surface area contributed by atoms with E-state index in [0.717, 1.165) is 50.0 Å². The van der Waals surface area contributed by atoms with Crippen LogP contribution < -0.4 is 10.7 Å². The number of carboxylic acids is 1. The van der Waals surface area contributed by atoms with Crippen molar-refractivity contribution in [2.24, 2.45) is 5.92 Å². The van der Waals surface area contributed by atoms with E-state index in [1.165, 1.54) is 0 Å². The van der Waals surface area contributed by atoms with E-state index in [9.17, 15) is 24.3 Å². The molecule has 0 radical (unpaired) electrons. The van der Waals surface area contributed by atoms with Gasteiger partial charge in [0, 0.05) is 6.42 Å². The fourth-order valence-electron chi connectivity index (χ4n) is 3.71. The number of nitrogens with zero attached hydrogens (tertiary/aromatic N) is 1. The van der Waals surface area contributed by atoms with Crippen molar-refractivity contribution in [1.29, 1.82) is 0 Å². The van der Waals surface area contributed by atoms with Gasteiger partial charge in [0.25, 0.3) is 11.8 Å². The van der Waals surface area contributed by atoms with Gasteiger partial charge in [-0.3, -0.25) is 25.1 Å². The van der Waals surface area contributed by atoms with Crippen LogP contribution >= 0.6 is 0 Å². The monoisotopic (exact) mass is 383 g/mol. The predicted octanol–water partition coefficient (Wildman–Crippen LogP) is 1.30. The molecule has 9 heteroatoms. The van der Waals surface area contributed by atoms with Gasteiger partial charge in [-0.05, 0) is 31.6 Å². The van der Waals surface area contributed by atoms with Crippen LogP contribution in [0.3, 0.4) is 0 Å². The van der Waals surface area contributed by atoms with Gasteiger partial charge in [0.05, 0.1) is 0 Å². The SMILES string of the molecule is O=C(O)CCCCCC[C@H]1C(=O)NC(=O)N1NC(=O)[C@@H](O)C1CCCCC1. The number of nitrogens with one attached hydrogen (secondary N) is 2. The molecular formula is C18H29N3O6. The summed E-state index contributed by atoms with van der Waals surface area (Å²) in [6.07, 6.45) is 6.55. The van der Waals surface area contributed by atoms with Gasteiger partial charge in [-0.1, -0.05) is 38.5 Å². The molecule has 4 N–H and O–H groups in total. The molecule has 2 aliphatic rings. The number of hydrazine groups is 1. The molecular weight excluding hydrogens is 354 g/mol. The van der Waals surface area contributed by atoms with Gasteiger partial charge in [-0.25, -0.2) is 9.80 Å². The van der Waals surface area contributed by atoms with Crippen molar-refractivity contribution in [3.05, 3.63) is 0 Å². The number of aliphatic carboxylic acids is 1. The second-order valence-corrected chi connectivity index (χ2v) is 7.35. The molecule has 0 aromatic rings. The minimum Gasteiger partial charge on any atom is -0.481 e. The Hall–Kier alpha value is -2.16. The lowest BCUT2D eigenvalue weighted by molar-refractivity contribution is -0.138. The van der Waals surface area contributed by atoms with E-state index in [4.69, 9.17) is 5.11 Å². The highest BCUT2D eigenvalue weighted by Crippen LogP contribution is 2.26. The number of hydrogen-bond donors (Lipinski definition) is 4. The smallest absolute Gasteiger partial charge is 0.343 e. The molecule has 0 bridgehead atoms. The highest BCUT2D eigenvalue weighted by molar-refractivity contribution is 6.04. The second kappa shape index (κ2) is 10.2. The Bertz CT molecular complexity index is 561. The van der Waals surface area contributed by atoms with Crippen LogP contribution in [0.4, 0.5) is 4.79 Å². The average molecular weight is 383 g/mol. The van der Waals surface area contributed by atoms with E-state index < -0.39 is 36.0 Å². The summed E-state index contributed by atoms with van der Waals surface area (Å²) in [5.41, 5.74) is 2.41. The molecule has 2 atom stereocenters. The third kappa shape index (κ3) is 6.20. The van der Waals surface area contributed by atoms with Crippen molar-refractivity contribution in [3.8, 4) is 0 Å². The lowest BCUT2D eigenvalue weighted by Crippen LogP contribution is -2.53.